The van der Waals surface area contributed by atoms with Crippen molar-refractivity contribution < 1.29 is 18.4 Å². The van der Waals surface area contributed by atoms with Crippen molar-refractivity contribution in [3.63, 3.8) is 0 Å². The van der Waals surface area contributed by atoms with Crippen molar-refractivity contribution in [1.29, 1.82) is 0 Å². The quantitative estimate of drug-likeness (QED) is 0.841. The first-order chi connectivity index (χ1) is 12.2. The summed E-state index contributed by atoms with van der Waals surface area (Å²) in [5.41, 5.74) is 0.762. The second-order valence-electron chi connectivity index (χ2n) is 7.42. The van der Waals surface area contributed by atoms with Crippen LogP contribution in [-0.4, -0.2) is 23.3 Å². The number of amides is 2. The molecule has 1 heterocycles. The van der Waals surface area contributed by atoms with Crippen LogP contribution < -0.4 is 5.32 Å². The van der Waals surface area contributed by atoms with Crippen LogP contribution in [0.2, 0.25) is 0 Å². The standard InChI is InChI=1S/C20H20F2N2O2/c1-20(2,3)19(26)24-11-17(25)23-16-9-8-14(22)10-15(16)18(24)12-4-6-13(21)7-5-12/h4-10,18H,11H2,1-3H3,(H,23,25). The molecular formula is C20H20F2N2O2. The highest BCUT2D eigenvalue weighted by molar-refractivity contribution is 5.97. The highest BCUT2D eigenvalue weighted by Crippen LogP contribution is 2.38. The summed E-state index contributed by atoms with van der Waals surface area (Å²) in [5, 5.41) is 2.72. The summed E-state index contributed by atoms with van der Waals surface area (Å²) in [7, 11) is 0. The SMILES string of the molecule is CC(C)(C)C(=O)N1CC(=O)Nc2ccc(F)cc2C1c1ccc(F)cc1. The average Bonchev–Trinajstić information content (AvgIpc) is 2.70. The van der Waals surface area contributed by atoms with Gasteiger partial charge in [-0.3, -0.25) is 9.59 Å². The number of nitrogens with zero attached hydrogens (tertiary/aromatic N) is 1. The van der Waals surface area contributed by atoms with Crippen LogP contribution in [0.15, 0.2) is 42.5 Å². The van der Waals surface area contributed by atoms with E-state index in [1.807, 2.05) is 0 Å². The lowest BCUT2D eigenvalue weighted by atomic mass is 9.90. The van der Waals surface area contributed by atoms with Gasteiger partial charge in [0.15, 0.2) is 0 Å². The largest absolute Gasteiger partial charge is 0.324 e. The average molecular weight is 358 g/mol. The zero-order chi connectivity index (χ0) is 19.1. The van der Waals surface area contributed by atoms with Gasteiger partial charge in [-0.1, -0.05) is 32.9 Å². The van der Waals surface area contributed by atoms with E-state index in [0.29, 0.717) is 16.8 Å². The maximum Gasteiger partial charge on any atom is 0.244 e. The van der Waals surface area contributed by atoms with Crippen LogP contribution in [0.25, 0.3) is 0 Å². The van der Waals surface area contributed by atoms with Gasteiger partial charge in [0.05, 0.1) is 6.04 Å². The smallest absolute Gasteiger partial charge is 0.244 e. The molecule has 1 unspecified atom stereocenters. The lowest BCUT2D eigenvalue weighted by Gasteiger charge is -2.35. The second kappa shape index (κ2) is 6.52. The molecule has 1 aliphatic heterocycles. The molecule has 1 N–H and O–H groups in total. The Kier molecular flexibility index (Phi) is 4.52. The third-order valence-corrected chi connectivity index (χ3v) is 4.30. The fraction of sp³-hybridized carbons (Fsp3) is 0.300. The van der Waals surface area contributed by atoms with Crippen LogP contribution in [0.1, 0.15) is 37.9 Å². The summed E-state index contributed by atoms with van der Waals surface area (Å²) in [6.07, 6.45) is 0. The topological polar surface area (TPSA) is 49.4 Å². The van der Waals surface area contributed by atoms with Gasteiger partial charge >= 0.3 is 0 Å². The predicted molar refractivity (Wildman–Crippen MR) is 94.4 cm³/mol. The van der Waals surface area contributed by atoms with E-state index in [-0.39, 0.29) is 18.4 Å². The van der Waals surface area contributed by atoms with Gasteiger partial charge in [-0.05, 0) is 35.9 Å². The van der Waals surface area contributed by atoms with Gasteiger partial charge in [-0.25, -0.2) is 8.78 Å². The molecular weight excluding hydrogens is 338 g/mol. The Labute approximate surface area is 150 Å². The number of benzene rings is 2. The van der Waals surface area contributed by atoms with Gasteiger partial charge in [0.1, 0.15) is 18.2 Å². The number of halogens is 2. The minimum absolute atomic E-state index is 0.172. The number of hydrogen-bond acceptors (Lipinski definition) is 2. The van der Waals surface area contributed by atoms with E-state index in [1.54, 1.807) is 32.9 Å². The van der Waals surface area contributed by atoms with Crippen molar-refractivity contribution in [2.75, 3.05) is 11.9 Å². The molecule has 3 rings (SSSR count). The Balaban J connectivity index is 2.22. The minimum atomic E-state index is -0.740. The van der Waals surface area contributed by atoms with E-state index in [1.165, 1.54) is 35.2 Å². The molecule has 2 aromatic carbocycles. The van der Waals surface area contributed by atoms with E-state index in [2.05, 4.69) is 5.32 Å². The summed E-state index contributed by atoms with van der Waals surface area (Å²) >= 11 is 0. The van der Waals surface area contributed by atoms with Gasteiger partial charge in [0.25, 0.3) is 0 Å². The molecule has 2 amide bonds. The Bertz CT molecular complexity index is 857. The molecule has 4 nitrogen and oxygen atoms in total. The minimum Gasteiger partial charge on any atom is -0.324 e. The molecule has 0 saturated carbocycles. The molecule has 0 aliphatic carbocycles. The molecule has 0 saturated heterocycles. The molecule has 0 fully saturated rings. The van der Waals surface area contributed by atoms with Gasteiger partial charge in [-0.2, -0.15) is 0 Å². The molecule has 26 heavy (non-hydrogen) atoms. The maximum absolute atomic E-state index is 14.0. The normalized spacial score (nSPS) is 17.3. The van der Waals surface area contributed by atoms with Gasteiger partial charge < -0.3 is 10.2 Å². The van der Waals surface area contributed by atoms with Crippen molar-refractivity contribution in [2.24, 2.45) is 5.41 Å². The van der Waals surface area contributed by atoms with Crippen molar-refractivity contribution in [1.82, 2.24) is 4.90 Å². The number of carbonyl (C=O) groups excluding carboxylic acids is 2. The number of anilines is 1. The van der Waals surface area contributed by atoms with Crippen LogP contribution in [0.4, 0.5) is 14.5 Å². The zero-order valence-electron chi connectivity index (χ0n) is 14.8. The first kappa shape index (κ1) is 18.0. The van der Waals surface area contributed by atoms with E-state index >= 15 is 0 Å². The zero-order valence-corrected chi connectivity index (χ0v) is 14.8. The monoisotopic (exact) mass is 358 g/mol. The first-order valence-electron chi connectivity index (χ1n) is 8.32. The van der Waals surface area contributed by atoms with Crippen LogP contribution in [0.3, 0.4) is 0 Å². The van der Waals surface area contributed by atoms with Crippen molar-refractivity contribution in [2.45, 2.75) is 26.8 Å². The van der Waals surface area contributed by atoms with E-state index in [0.717, 1.165) is 0 Å². The first-order valence-corrected chi connectivity index (χ1v) is 8.32. The van der Waals surface area contributed by atoms with E-state index in [4.69, 9.17) is 0 Å². The number of nitrogens with one attached hydrogen (secondary N) is 1. The van der Waals surface area contributed by atoms with E-state index < -0.39 is 23.1 Å². The summed E-state index contributed by atoms with van der Waals surface area (Å²) in [6, 6.07) is 9.00. The fourth-order valence-electron chi connectivity index (χ4n) is 3.10. The number of rotatable bonds is 1. The fourth-order valence-corrected chi connectivity index (χ4v) is 3.10. The van der Waals surface area contributed by atoms with Crippen LogP contribution in [-0.2, 0) is 9.59 Å². The summed E-state index contributed by atoms with van der Waals surface area (Å²) < 4.78 is 27.4. The third kappa shape index (κ3) is 3.45. The molecule has 0 aromatic heterocycles. The van der Waals surface area contributed by atoms with E-state index in [9.17, 15) is 18.4 Å². The summed E-state index contributed by atoms with van der Waals surface area (Å²) in [4.78, 5) is 26.8. The highest BCUT2D eigenvalue weighted by Gasteiger charge is 2.38. The predicted octanol–water partition coefficient (Wildman–Crippen LogP) is 3.88. The lowest BCUT2D eigenvalue weighted by molar-refractivity contribution is -0.143. The summed E-state index contributed by atoms with van der Waals surface area (Å²) in [6.45, 7) is 5.10. The van der Waals surface area contributed by atoms with Gasteiger partial charge in [-0.15, -0.1) is 0 Å². The Morgan fingerprint density at radius 3 is 2.31 bits per heavy atom. The molecule has 136 valence electrons. The van der Waals surface area contributed by atoms with Crippen molar-refractivity contribution in [3.8, 4) is 0 Å². The molecule has 1 aliphatic rings. The van der Waals surface area contributed by atoms with Gasteiger partial charge in [0, 0.05) is 16.7 Å². The lowest BCUT2D eigenvalue weighted by Crippen LogP contribution is -2.44. The Morgan fingerprint density at radius 1 is 1.08 bits per heavy atom. The Morgan fingerprint density at radius 2 is 1.69 bits per heavy atom. The van der Waals surface area contributed by atoms with Crippen LogP contribution in [0, 0.1) is 17.0 Å². The number of hydrogen-bond donors (Lipinski definition) is 1. The number of carbonyl (C=O) groups is 2. The highest BCUT2D eigenvalue weighted by atomic mass is 19.1. The molecule has 6 heteroatoms. The van der Waals surface area contributed by atoms with Gasteiger partial charge in [0.2, 0.25) is 11.8 Å². The molecule has 2 aromatic rings. The summed E-state index contributed by atoms with van der Waals surface area (Å²) in [5.74, 6) is -1.50. The van der Waals surface area contributed by atoms with Crippen LogP contribution >= 0.6 is 0 Å². The third-order valence-electron chi connectivity index (χ3n) is 4.30. The van der Waals surface area contributed by atoms with Crippen molar-refractivity contribution in [3.05, 3.63) is 65.2 Å². The molecule has 0 bridgehead atoms. The maximum atomic E-state index is 14.0. The van der Waals surface area contributed by atoms with Crippen molar-refractivity contribution >= 4 is 17.5 Å². The Hall–Kier alpha value is -2.76. The molecule has 1 atom stereocenters. The number of fused-ring (bicyclic) bond motifs is 1. The molecule has 0 radical (unpaired) electrons. The molecule has 0 spiro atoms. The second-order valence-corrected chi connectivity index (χ2v) is 7.42. The van der Waals surface area contributed by atoms with Crippen LogP contribution in [0.5, 0.6) is 0 Å².